The predicted molar refractivity (Wildman–Crippen MR) is 136 cm³/mol. The Hall–Kier alpha value is -1.93. The number of aliphatic hydroxyl groups is 1. The first-order chi connectivity index (χ1) is 15.5. The number of halogens is 3. The van der Waals surface area contributed by atoms with E-state index in [1.165, 1.54) is 22.9 Å². The van der Waals surface area contributed by atoms with Crippen LogP contribution >= 0.6 is 31.9 Å². The molecule has 5 rings (SSSR count). The number of aromatic nitrogens is 1. The van der Waals surface area contributed by atoms with Gasteiger partial charge in [0.1, 0.15) is 5.82 Å². The molecule has 7 heteroatoms. The first-order valence-electron chi connectivity index (χ1n) is 10.8. The minimum absolute atomic E-state index is 0.208. The largest absolute Gasteiger partial charge is 0.390 e. The molecule has 0 aliphatic carbocycles. The summed E-state index contributed by atoms with van der Waals surface area (Å²) in [7, 11) is 0. The average Bonchev–Trinajstić information content (AvgIpc) is 3.07. The summed E-state index contributed by atoms with van der Waals surface area (Å²) in [6.07, 6.45) is -0.474. The van der Waals surface area contributed by atoms with Gasteiger partial charge in [-0.25, -0.2) is 4.39 Å². The number of nitrogens with zero attached hydrogens (tertiary/aromatic N) is 3. The molecule has 3 aromatic carbocycles. The SMILES string of the molecule is O[C@@H](CN1CCN(c2ccc(F)cc2)CC1)Cn1c2ccc(Br)cc2c2cc(Br)ccc21. The highest BCUT2D eigenvalue weighted by atomic mass is 79.9. The zero-order valence-electron chi connectivity index (χ0n) is 17.5. The molecule has 1 aromatic heterocycles. The van der Waals surface area contributed by atoms with Crippen molar-refractivity contribution in [2.75, 3.05) is 37.6 Å². The fraction of sp³-hybridized carbons (Fsp3) is 0.280. The Kier molecular flexibility index (Phi) is 6.25. The summed E-state index contributed by atoms with van der Waals surface area (Å²) in [6.45, 7) is 4.67. The summed E-state index contributed by atoms with van der Waals surface area (Å²) in [5, 5.41) is 13.3. The quantitative estimate of drug-likeness (QED) is 0.343. The molecule has 4 aromatic rings. The van der Waals surface area contributed by atoms with Crippen molar-refractivity contribution in [1.29, 1.82) is 0 Å². The molecule has 1 atom stereocenters. The van der Waals surface area contributed by atoms with Crippen molar-refractivity contribution in [2.24, 2.45) is 0 Å². The number of fused-ring (bicyclic) bond motifs is 3. The summed E-state index contributed by atoms with van der Waals surface area (Å²) in [5.74, 6) is -0.208. The van der Waals surface area contributed by atoms with Crippen molar-refractivity contribution in [1.82, 2.24) is 9.47 Å². The maximum absolute atomic E-state index is 13.2. The third-order valence-corrected chi connectivity index (χ3v) is 7.20. The van der Waals surface area contributed by atoms with Crippen molar-refractivity contribution < 1.29 is 9.50 Å². The second-order valence-electron chi connectivity index (χ2n) is 8.35. The van der Waals surface area contributed by atoms with E-state index in [1.54, 1.807) is 0 Å². The molecule has 1 saturated heterocycles. The van der Waals surface area contributed by atoms with Crippen LogP contribution in [0.1, 0.15) is 0 Å². The summed E-state index contributed by atoms with van der Waals surface area (Å²) < 4.78 is 17.5. The van der Waals surface area contributed by atoms with E-state index >= 15 is 0 Å². The topological polar surface area (TPSA) is 31.6 Å². The Morgan fingerprint density at radius 3 is 1.91 bits per heavy atom. The number of hydrogen-bond acceptors (Lipinski definition) is 3. The summed E-state index contributed by atoms with van der Waals surface area (Å²) in [4.78, 5) is 4.58. The number of anilines is 1. The standard InChI is InChI=1S/C25H24Br2FN3O/c26-17-1-7-24-22(13-17)23-14-18(27)2-8-25(23)31(24)16-21(32)15-29-9-11-30(12-10-29)20-5-3-19(28)4-6-20/h1-8,13-14,21,32H,9-12,15-16H2/t21-/m0/s1. The smallest absolute Gasteiger partial charge is 0.123 e. The Morgan fingerprint density at radius 2 is 1.34 bits per heavy atom. The number of benzene rings is 3. The first kappa shape index (κ1) is 21.9. The van der Waals surface area contributed by atoms with E-state index in [9.17, 15) is 9.50 Å². The van der Waals surface area contributed by atoms with Gasteiger partial charge in [0.2, 0.25) is 0 Å². The van der Waals surface area contributed by atoms with Crippen molar-refractivity contribution >= 4 is 59.4 Å². The van der Waals surface area contributed by atoms with Crippen molar-refractivity contribution in [3.05, 3.63) is 75.4 Å². The Morgan fingerprint density at radius 1 is 0.781 bits per heavy atom. The van der Waals surface area contributed by atoms with Gasteiger partial charge >= 0.3 is 0 Å². The zero-order chi connectivity index (χ0) is 22.2. The van der Waals surface area contributed by atoms with Gasteiger partial charge in [-0.05, 0) is 60.7 Å². The Balaban J connectivity index is 1.29. The van der Waals surface area contributed by atoms with Crippen LogP contribution in [0.5, 0.6) is 0 Å². The van der Waals surface area contributed by atoms with Gasteiger partial charge in [0.15, 0.2) is 0 Å². The number of rotatable bonds is 5. The maximum atomic E-state index is 13.2. The van der Waals surface area contributed by atoms with Crippen LogP contribution in [0.3, 0.4) is 0 Å². The lowest BCUT2D eigenvalue weighted by Crippen LogP contribution is -2.49. The van der Waals surface area contributed by atoms with Crippen LogP contribution < -0.4 is 4.90 Å². The molecule has 0 amide bonds. The third-order valence-electron chi connectivity index (χ3n) is 6.22. The lowest BCUT2D eigenvalue weighted by atomic mass is 10.2. The van der Waals surface area contributed by atoms with Gasteiger partial charge in [-0.2, -0.15) is 0 Å². The number of β-amino-alcohol motifs (C(OH)–C–C–N with tert-alkyl or cyclic N) is 1. The van der Waals surface area contributed by atoms with E-state index in [0.29, 0.717) is 13.1 Å². The van der Waals surface area contributed by atoms with Gasteiger partial charge in [0.05, 0.1) is 12.6 Å². The van der Waals surface area contributed by atoms with Crippen LogP contribution in [0.2, 0.25) is 0 Å². The van der Waals surface area contributed by atoms with E-state index in [4.69, 9.17) is 0 Å². The minimum Gasteiger partial charge on any atom is -0.390 e. The monoisotopic (exact) mass is 559 g/mol. The predicted octanol–water partition coefficient (Wildman–Crippen LogP) is 5.64. The van der Waals surface area contributed by atoms with Gasteiger partial charge in [-0.1, -0.05) is 31.9 Å². The summed E-state index contributed by atoms with van der Waals surface area (Å²) >= 11 is 7.18. The molecule has 32 heavy (non-hydrogen) atoms. The summed E-state index contributed by atoms with van der Waals surface area (Å²) in [6, 6.07) is 19.3. The van der Waals surface area contributed by atoms with E-state index in [1.807, 2.05) is 24.3 Å². The molecule has 0 bridgehead atoms. The fourth-order valence-corrected chi connectivity index (χ4v) is 5.37. The molecule has 0 radical (unpaired) electrons. The van der Waals surface area contributed by atoms with Gasteiger partial charge < -0.3 is 14.6 Å². The number of piperazine rings is 1. The van der Waals surface area contributed by atoms with Crippen LogP contribution in [-0.4, -0.2) is 53.4 Å². The highest BCUT2D eigenvalue weighted by Gasteiger charge is 2.21. The zero-order valence-corrected chi connectivity index (χ0v) is 20.7. The lowest BCUT2D eigenvalue weighted by Gasteiger charge is -2.37. The van der Waals surface area contributed by atoms with Crippen molar-refractivity contribution in [3.8, 4) is 0 Å². The first-order valence-corrected chi connectivity index (χ1v) is 12.3. The molecule has 4 nitrogen and oxygen atoms in total. The normalized spacial score (nSPS) is 16.2. The highest BCUT2D eigenvalue weighted by Crippen LogP contribution is 2.33. The van der Waals surface area contributed by atoms with E-state index in [0.717, 1.165) is 51.8 Å². The summed E-state index contributed by atoms with van der Waals surface area (Å²) in [5.41, 5.74) is 3.30. The Labute approximate surface area is 203 Å². The van der Waals surface area contributed by atoms with Gasteiger partial charge in [0.25, 0.3) is 0 Å². The number of hydrogen-bond donors (Lipinski definition) is 1. The third kappa shape index (κ3) is 4.44. The lowest BCUT2D eigenvalue weighted by molar-refractivity contribution is 0.0969. The van der Waals surface area contributed by atoms with Crippen molar-refractivity contribution in [2.45, 2.75) is 12.6 Å². The second-order valence-corrected chi connectivity index (χ2v) is 10.2. The van der Waals surface area contributed by atoms with Gasteiger partial charge in [0, 0.05) is 69.2 Å². The fourth-order valence-electron chi connectivity index (χ4n) is 4.65. The molecule has 1 aliphatic rings. The van der Waals surface area contributed by atoms with Crippen molar-refractivity contribution in [3.63, 3.8) is 0 Å². The van der Waals surface area contributed by atoms with Crippen LogP contribution in [0.4, 0.5) is 10.1 Å². The van der Waals surface area contributed by atoms with Crippen LogP contribution in [0.15, 0.2) is 69.6 Å². The molecule has 1 N–H and O–H groups in total. The van der Waals surface area contributed by atoms with Crippen LogP contribution in [0, 0.1) is 5.82 Å². The molecule has 0 saturated carbocycles. The van der Waals surface area contributed by atoms with Crippen LogP contribution in [-0.2, 0) is 6.54 Å². The maximum Gasteiger partial charge on any atom is 0.123 e. The number of aliphatic hydroxyl groups excluding tert-OH is 1. The van der Waals surface area contributed by atoms with E-state index < -0.39 is 6.10 Å². The molecule has 0 spiro atoms. The molecule has 1 aliphatic heterocycles. The van der Waals surface area contributed by atoms with Gasteiger partial charge in [-0.3, -0.25) is 4.90 Å². The van der Waals surface area contributed by atoms with E-state index in [-0.39, 0.29) is 5.82 Å². The molecule has 1 fully saturated rings. The average molecular weight is 561 g/mol. The molecule has 166 valence electrons. The Bertz CT molecular complexity index is 1190. The molecule has 2 heterocycles. The van der Waals surface area contributed by atoms with Gasteiger partial charge in [-0.15, -0.1) is 0 Å². The molecular formula is C25H24Br2FN3O. The minimum atomic E-state index is -0.474. The second kappa shape index (κ2) is 9.14. The van der Waals surface area contributed by atoms with Crippen LogP contribution in [0.25, 0.3) is 21.8 Å². The molecule has 0 unspecified atom stereocenters. The highest BCUT2D eigenvalue weighted by molar-refractivity contribution is 9.10. The molecular weight excluding hydrogens is 537 g/mol. The van der Waals surface area contributed by atoms with E-state index in [2.05, 4.69) is 70.5 Å².